The van der Waals surface area contributed by atoms with Gasteiger partial charge in [-0.15, -0.1) is 0 Å². The van der Waals surface area contributed by atoms with E-state index in [-0.39, 0.29) is 0 Å². The Morgan fingerprint density at radius 3 is 2.63 bits per heavy atom. The number of methoxy groups -OCH3 is 2. The van der Waals surface area contributed by atoms with Gasteiger partial charge in [-0.2, -0.15) is 15.0 Å². The number of hydrogen-bond acceptors (Lipinski definition) is 7. The number of anilines is 2. The fourth-order valence-corrected chi connectivity index (χ4v) is 1.47. The number of nitrogens with zero attached hydrogens (tertiary/aromatic N) is 4. The van der Waals surface area contributed by atoms with E-state index in [1.165, 1.54) is 0 Å². The fourth-order valence-electron chi connectivity index (χ4n) is 1.47. The van der Waals surface area contributed by atoms with Crippen LogP contribution >= 0.6 is 0 Å². The Bertz CT molecular complexity index is 375. The summed E-state index contributed by atoms with van der Waals surface area (Å²) in [6.45, 7) is 4.44. The number of nitrogens with one attached hydrogen (secondary N) is 1. The fraction of sp³-hybridized carbons (Fsp3) is 0.750. The summed E-state index contributed by atoms with van der Waals surface area (Å²) in [4.78, 5) is 14.7. The lowest BCUT2D eigenvalue weighted by molar-refractivity contribution is 0.196. The summed E-state index contributed by atoms with van der Waals surface area (Å²) in [5, 5.41) is 3.14. The van der Waals surface area contributed by atoms with E-state index in [9.17, 15) is 0 Å². The first-order chi connectivity index (χ1) is 9.21. The van der Waals surface area contributed by atoms with E-state index in [0.29, 0.717) is 24.5 Å². The molecule has 1 aromatic heterocycles. The molecule has 0 atom stereocenters. The molecule has 0 saturated carbocycles. The quantitative estimate of drug-likeness (QED) is 0.675. The smallest absolute Gasteiger partial charge is 0.322 e. The van der Waals surface area contributed by atoms with Crippen LogP contribution in [0.25, 0.3) is 0 Å². The van der Waals surface area contributed by atoms with Gasteiger partial charge in [-0.25, -0.2) is 0 Å². The van der Waals surface area contributed by atoms with Crippen molar-refractivity contribution in [2.75, 3.05) is 51.2 Å². The van der Waals surface area contributed by atoms with Gasteiger partial charge in [0.25, 0.3) is 0 Å². The Morgan fingerprint density at radius 2 is 2.00 bits per heavy atom. The lowest BCUT2D eigenvalue weighted by Crippen LogP contribution is -2.23. The molecule has 0 aliphatic carbocycles. The molecule has 0 aliphatic rings. The van der Waals surface area contributed by atoms with Crippen LogP contribution in [0.1, 0.15) is 19.8 Å². The largest absolute Gasteiger partial charge is 0.467 e. The van der Waals surface area contributed by atoms with Crippen molar-refractivity contribution in [2.24, 2.45) is 0 Å². The van der Waals surface area contributed by atoms with E-state index >= 15 is 0 Å². The Balaban J connectivity index is 2.74. The maximum absolute atomic E-state index is 5.10. The van der Waals surface area contributed by atoms with Gasteiger partial charge in [0.15, 0.2) is 0 Å². The van der Waals surface area contributed by atoms with Crippen molar-refractivity contribution in [3.8, 4) is 6.01 Å². The van der Waals surface area contributed by atoms with Crippen molar-refractivity contribution in [1.82, 2.24) is 15.0 Å². The second-order valence-corrected chi connectivity index (χ2v) is 4.14. The molecule has 7 nitrogen and oxygen atoms in total. The van der Waals surface area contributed by atoms with Gasteiger partial charge in [0, 0.05) is 33.9 Å². The van der Waals surface area contributed by atoms with Gasteiger partial charge in [-0.3, -0.25) is 0 Å². The first-order valence-electron chi connectivity index (χ1n) is 6.45. The maximum Gasteiger partial charge on any atom is 0.322 e. The standard InChI is InChI=1S/C12H23N5O2/c1-5-7-13-10-14-11(16-12(15-10)19-4)17(2)8-6-9-18-3/h5-9H2,1-4H3,(H,13,14,15,16). The summed E-state index contributed by atoms with van der Waals surface area (Å²) in [6, 6.07) is 0.321. The molecule has 0 unspecified atom stereocenters. The molecule has 0 spiro atoms. The minimum atomic E-state index is 0.321. The zero-order valence-corrected chi connectivity index (χ0v) is 12.1. The normalized spacial score (nSPS) is 10.3. The molecule has 19 heavy (non-hydrogen) atoms. The van der Waals surface area contributed by atoms with Gasteiger partial charge in [0.2, 0.25) is 11.9 Å². The third kappa shape index (κ3) is 5.25. The zero-order valence-electron chi connectivity index (χ0n) is 12.1. The highest BCUT2D eigenvalue weighted by atomic mass is 16.5. The Kier molecular flexibility index (Phi) is 6.88. The van der Waals surface area contributed by atoms with E-state index in [2.05, 4.69) is 27.2 Å². The number of aromatic nitrogens is 3. The first kappa shape index (κ1) is 15.4. The van der Waals surface area contributed by atoms with Crippen molar-refractivity contribution in [1.29, 1.82) is 0 Å². The van der Waals surface area contributed by atoms with Crippen LogP contribution in [0.4, 0.5) is 11.9 Å². The second-order valence-electron chi connectivity index (χ2n) is 4.14. The van der Waals surface area contributed by atoms with Crippen LogP contribution in [0.3, 0.4) is 0 Å². The molecular weight excluding hydrogens is 246 g/mol. The third-order valence-corrected chi connectivity index (χ3v) is 2.50. The molecule has 7 heteroatoms. The monoisotopic (exact) mass is 269 g/mol. The molecule has 0 aliphatic heterocycles. The molecule has 0 radical (unpaired) electrons. The molecular formula is C12H23N5O2. The molecule has 0 saturated heterocycles. The number of rotatable bonds is 9. The summed E-state index contributed by atoms with van der Waals surface area (Å²) >= 11 is 0. The van der Waals surface area contributed by atoms with Crippen molar-refractivity contribution >= 4 is 11.9 Å². The van der Waals surface area contributed by atoms with Gasteiger partial charge in [-0.05, 0) is 12.8 Å². The Hall–Kier alpha value is -1.63. The average molecular weight is 269 g/mol. The molecule has 0 bridgehead atoms. The van der Waals surface area contributed by atoms with Crippen molar-refractivity contribution in [3.05, 3.63) is 0 Å². The van der Waals surface area contributed by atoms with E-state index in [1.54, 1.807) is 14.2 Å². The SMILES string of the molecule is CCCNc1nc(OC)nc(N(C)CCCOC)n1. The van der Waals surface area contributed by atoms with Crippen LogP contribution in [0.15, 0.2) is 0 Å². The van der Waals surface area contributed by atoms with Crippen molar-refractivity contribution in [2.45, 2.75) is 19.8 Å². The molecule has 0 aromatic carbocycles. The van der Waals surface area contributed by atoms with Crippen LogP contribution in [-0.4, -0.2) is 55.9 Å². The minimum Gasteiger partial charge on any atom is -0.467 e. The van der Waals surface area contributed by atoms with Gasteiger partial charge in [0.05, 0.1) is 7.11 Å². The van der Waals surface area contributed by atoms with Gasteiger partial charge >= 0.3 is 6.01 Å². The predicted octanol–water partition coefficient (Wildman–Crippen LogP) is 1.17. The highest BCUT2D eigenvalue weighted by Gasteiger charge is 2.10. The summed E-state index contributed by atoms with van der Waals surface area (Å²) in [6.07, 6.45) is 1.92. The topological polar surface area (TPSA) is 72.4 Å². The highest BCUT2D eigenvalue weighted by molar-refractivity contribution is 5.37. The second kappa shape index (κ2) is 8.47. The van der Waals surface area contributed by atoms with Gasteiger partial charge < -0.3 is 19.7 Å². The van der Waals surface area contributed by atoms with E-state index in [0.717, 1.165) is 25.9 Å². The zero-order chi connectivity index (χ0) is 14.1. The molecule has 1 rings (SSSR count). The van der Waals surface area contributed by atoms with E-state index in [1.807, 2.05) is 11.9 Å². The lowest BCUT2D eigenvalue weighted by atomic mass is 10.4. The highest BCUT2D eigenvalue weighted by Crippen LogP contribution is 2.13. The van der Waals surface area contributed by atoms with Crippen LogP contribution in [0.5, 0.6) is 6.01 Å². The predicted molar refractivity (Wildman–Crippen MR) is 74.9 cm³/mol. The Morgan fingerprint density at radius 1 is 1.21 bits per heavy atom. The van der Waals surface area contributed by atoms with E-state index < -0.39 is 0 Å². The third-order valence-electron chi connectivity index (χ3n) is 2.50. The van der Waals surface area contributed by atoms with Crippen LogP contribution in [-0.2, 0) is 4.74 Å². The lowest BCUT2D eigenvalue weighted by Gasteiger charge is -2.17. The molecule has 108 valence electrons. The summed E-state index contributed by atoms with van der Waals surface area (Å²) in [7, 11) is 5.18. The van der Waals surface area contributed by atoms with Gasteiger partial charge in [-0.1, -0.05) is 6.92 Å². The van der Waals surface area contributed by atoms with Crippen LogP contribution in [0, 0.1) is 0 Å². The summed E-state index contributed by atoms with van der Waals surface area (Å²) in [5.74, 6) is 1.14. The van der Waals surface area contributed by atoms with E-state index in [4.69, 9.17) is 9.47 Å². The molecule has 0 fully saturated rings. The van der Waals surface area contributed by atoms with Crippen molar-refractivity contribution < 1.29 is 9.47 Å². The van der Waals surface area contributed by atoms with Crippen molar-refractivity contribution in [3.63, 3.8) is 0 Å². The molecule has 1 N–H and O–H groups in total. The summed E-state index contributed by atoms with van der Waals surface area (Å²) in [5.41, 5.74) is 0. The molecule has 1 aromatic rings. The maximum atomic E-state index is 5.10. The first-order valence-corrected chi connectivity index (χ1v) is 6.45. The molecule has 0 amide bonds. The average Bonchev–Trinajstić information content (AvgIpc) is 2.44. The minimum absolute atomic E-state index is 0.321. The number of ether oxygens (including phenoxy) is 2. The Labute approximate surface area is 114 Å². The summed E-state index contributed by atoms with van der Waals surface area (Å²) < 4.78 is 10.1. The molecule has 1 heterocycles. The van der Waals surface area contributed by atoms with Gasteiger partial charge in [0.1, 0.15) is 0 Å². The number of hydrogen-bond donors (Lipinski definition) is 1. The van der Waals surface area contributed by atoms with Crippen LogP contribution < -0.4 is 15.0 Å². The van der Waals surface area contributed by atoms with Crippen LogP contribution in [0.2, 0.25) is 0 Å².